The number of para-hydroxylation sites is 1. The SMILES string of the molecule is [B]c1ccc2c(c1)Oc1ccccc1C21OC(=O)c2ccccc21. The molecule has 4 heteroatoms. The summed E-state index contributed by atoms with van der Waals surface area (Å²) in [5, 5.41) is 0. The second-order valence-electron chi connectivity index (χ2n) is 5.97. The maximum absolute atomic E-state index is 12.5. The van der Waals surface area contributed by atoms with Crippen LogP contribution in [0, 0.1) is 0 Å². The molecule has 2 aliphatic heterocycles. The van der Waals surface area contributed by atoms with E-state index in [1.807, 2.05) is 48.5 Å². The second-order valence-corrected chi connectivity index (χ2v) is 5.97. The molecule has 0 amide bonds. The van der Waals surface area contributed by atoms with Crippen molar-refractivity contribution in [2.24, 2.45) is 0 Å². The van der Waals surface area contributed by atoms with Gasteiger partial charge in [0.25, 0.3) is 0 Å². The van der Waals surface area contributed by atoms with Gasteiger partial charge in [-0.05, 0) is 18.2 Å². The molecular weight excluding hydrogens is 299 g/mol. The lowest BCUT2D eigenvalue weighted by atomic mass is 9.77. The Morgan fingerprint density at radius 3 is 2.38 bits per heavy atom. The summed E-state index contributed by atoms with van der Waals surface area (Å²) < 4.78 is 12.0. The van der Waals surface area contributed by atoms with Crippen LogP contribution in [-0.2, 0) is 10.3 Å². The summed E-state index contributed by atoms with van der Waals surface area (Å²) in [5.74, 6) is 0.948. The lowest BCUT2D eigenvalue weighted by Gasteiger charge is -2.36. The van der Waals surface area contributed by atoms with E-state index in [1.165, 1.54) is 0 Å². The topological polar surface area (TPSA) is 35.5 Å². The molecule has 2 aliphatic rings. The predicted octanol–water partition coefficient (Wildman–Crippen LogP) is 3.05. The standard InChI is InChI=1S/C20H11BO3/c21-12-9-10-16-18(11-12)23-17-8-4-3-7-15(17)20(16)14-6-2-1-5-13(14)19(22)24-20/h1-11H. The summed E-state index contributed by atoms with van der Waals surface area (Å²) in [4.78, 5) is 12.5. The van der Waals surface area contributed by atoms with E-state index >= 15 is 0 Å². The van der Waals surface area contributed by atoms with Crippen molar-refractivity contribution in [1.82, 2.24) is 0 Å². The molecule has 2 heterocycles. The summed E-state index contributed by atoms with van der Waals surface area (Å²) in [6.07, 6.45) is 0. The molecule has 0 saturated carbocycles. The van der Waals surface area contributed by atoms with Crippen molar-refractivity contribution in [2.75, 3.05) is 0 Å². The summed E-state index contributed by atoms with van der Waals surface area (Å²) in [5.41, 5.74) is 2.62. The van der Waals surface area contributed by atoms with Crippen molar-refractivity contribution in [3.05, 3.63) is 89.0 Å². The number of carbonyl (C=O) groups excluding carboxylic acids is 1. The van der Waals surface area contributed by atoms with Crippen LogP contribution >= 0.6 is 0 Å². The summed E-state index contributed by atoms with van der Waals surface area (Å²) >= 11 is 0. The number of benzene rings is 3. The quantitative estimate of drug-likeness (QED) is 0.473. The zero-order valence-electron chi connectivity index (χ0n) is 12.7. The molecule has 2 radical (unpaired) electrons. The van der Waals surface area contributed by atoms with E-state index in [0.29, 0.717) is 22.5 Å². The minimum atomic E-state index is -0.994. The van der Waals surface area contributed by atoms with Crippen LogP contribution in [-0.4, -0.2) is 13.8 Å². The molecule has 1 unspecified atom stereocenters. The van der Waals surface area contributed by atoms with Crippen LogP contribution in [0.15, 0.2) is 66.7 Å². The molecule has 1 spiro atoms. The molecule has 3 nitrogen and oxygen atoms in total. The number of ether oxygens (including phenoxy) is 2. The van der Waals surface area contributed by atoms with Gasteiger partial charge in [-0.1, -0.05) is 54.0 Å². The molecule has 112 valence electrons. The maximum Gasteiger partial charge on any atom is 0.340 e. The Bertz CT molecular complexity index is 1010. The number of hydrogen-bond donors (Lipinski definition) is 0. The first-order chi connectivity index (χ1) is 11.7. The third kappa shape index (κ3) is 1.55. The normalized spacial score (nSPS) is 19.9. The Hall–Kier alpha value is -3.01. The van der Waals surface area contributed by atoms with Gasteiger partial charge in [0.05, 0.1) is 5.56 Å². The van der Waals surface area contributed by atoms with E-state index in [1.54, 1.807) is 18.2 Å². The highest BCUT2D eigenvalue weighted by atomic mass is 16.6. The minimum absolute atomic E-state index is 0.329. The summed E-state index contributed by atoms with van der Waals surface area (Å²) in [7, 11) is 5.92. The van der Waals surface area contributed by atoms with Crippen molar-refractivity contribution >= 4 is 19.3 Å². The van der Waals surface area contributed by atoms with Crippen LogP contribution in [0.3, 0.4) is 0 Å². The predicted molar refractivity (Wildman–Crippen MR) is 90.1 cm³/mol. The van der Waals surface area contributed by atoms with Crippen LogP contribution in [0.4, 0.5) is 0 Å². The summed E-state index contributed by atoms with van der Waals surface area (Å²) in [6, 6.07) is 20.5. The number of fused-ring (bicyclic) bond motifs is 6. The van der Waals surface area contributed by atoms with Crippen LogP contribution < -0.4 is 10.2 Å². The maximum atomic E-state index is 12.5. The van der Waals surface area contributed by atoms with Gasteiger partial charge in [-0.3, -0.25) is 0 Å². The van der Waals surface area contributed by atoms with E-state index in [4.69, 9.17) is 17.3 Å². The number of rotatable bonds is 0. The molecule has 3 aromatic rings. The second kappa shape index (κ2) is 4.51. The Balaban J connectivity index is 1.92. The number of carbonyl (C=O) groups is 1. The zero-order valence-corrected chi connectivity index (χ0v) is 12.7. The van der Waals surface area contributed by atoms with E-state index in [2.05, 4.69) is 0 Å². The van der Waals surface area contributed by atoms with Crippen LogP contribution in [0.5, 0.6) is 11.5 Å². The first-order valence-corrected chi connectivity index (χ1v) is 7.70. The molecule has 0 N–H and O–H groups in total. The van der Waals surface area contributed by atoms with E-state index in [0.717, 1.165) is 16.7 Å². The van der Waals surface area contributed by atoms with Crippen molar-refractivity contribution in [3.63, 3.8) is 0 Å². The molecule has 0 aliphatic carbocycles. The lowest BCUT2D eigenvalue weighted by molar-refractivity contribution is 0.0224. The fraction of sp³-hybridized carbons (Fsp3) is 0.0500. The highest BCUT2D eigenvalue weighted by Crippen LogP contribution is 2.55. The fourth-order valence-electron chi connectivity index (χ4n) is 3.64. The van der Waals surface area contributed by atoms with Gasteiger partial charge in [-0.15, -0.1) is 0 Å². The Kier molecular flexibility index (Phi) is 2.52. The van der Waals surface area contributed by atoms with Gasteiger partial charge >= 0.3 is 5.97 Å². The van der Waals surface area contributed by atoms with Gasteiger partial charge in [0.1, 0.15) is 19.3 Å². The first kappa shape index (κ1) is 13.4. The van der Waals surface area contributed by atoms with Gasteiger partial charge in [0.15, 0.2) is 5.60 Å². The summed E-state index contributed by atoms with van der Waals surface area (Å²) in [6.45, 7) is 0. The molecule has 0 aromatic heterocycles. The van der Waals surface area contributed by atoms with E-state index < -0.39 is 5.60 Å². The minimum Gasteiger partial charge on any atom is -0.456 e. The molecule has 0 fully saturated rings. The molecule has 0 bridgehead atoms. The monoisotopic (exact) mass is 310 g/mol. The largest absolute Gasteiger partial charge is 0.456 e. The van der Waals surface area contributed by atoms with Crippen LogP contribution in [0.2, 0.25) is 0 Å². The zero-order chi connectivity index (χ0) is 16.3. The van der Waals surface area contributed by atoms with Crippen molar-refractivity contribution in [3.8, 4) is 11.5 Å². The van der Waals surface area contributed by atoms with Crippen molar-refractivity contribution < 1.29 is 14.3 Å². The molecule has 3 aromatic carbocycles. The van der Waals surface area contributed by atoms with E-state index in [9.17, 15) is 4.79 Å². The molecule has 24 heavy (non-hydrogen) atoms. The van der Waals surface area contributed by atoms with E-state index in [-0.39, 0.29) is 5.97 Å². The highest BCUT2D eigenvalue weighted by molar-refractivity contribution is 6.32. The van der Waals surface area contributed by atoms with Crippen LogP contribution in [0.1, 0.15) is 27.0 Å². The molecule has 0 saturated heterocycles. The third-order valence-corrected chi connectivity index (χ3v) is 4.64. The molecule has 5 rings (SSSR count). The van der Waals surface area contributed by atoms with Crippen molar-refractivity contribution in [2.45, 2.75) is 5.60 Å². The van der Waals surface area contributed by atoms with Crippen LogP contribution in [0.25, 0.3) is 0 Å². The number of esters is 1. The van der Waals surface area contributed by atoms with Gasteiger partial charge in [-0.25, -0.2) is 4.79 Å². The first-order valence-electron chi connectivity index (χ1n) is 7.70. The number of hydrogen-bond acceptors (Lipinski definition) is 3. The fourth-order valence-corrected chi connectivity index (χ4v) is 3.64. The van der Waals surface area contributed by atoms with Gasteiger partial charge in [-0.2, -0.15) is 0 Å². The van der Waals surface area contributed by atoms with Gasteiger partial charge < -0.3 is 9.47 Å². The van der Waals surface area contributed by atoms with Crippen molar-refractivity contribution in [1.29, 1.82) is 0 Å². The Morgan fingerprint density at radius 1 is 0.792 bits per heavy atom. The molecule has 1 atom stereocenters. The average Bonchev–Trinajstić information content (AvgIpc) is 2.89. The third-order valence-electron chi connectivity index (χ3n) is 4.64. The Labute approximate surface area is 140 Å². The van der Waals surface area contributed by atoms with Gasteiger partial charge in [0.2, 0.25) is 0 Å². The smallest absolute Gasteiger partial charge is 0.340 e. The molecular formula is C20H11BO3. The van der Waals surface area contributed by atoms with Gasteiger partial charge in [0, 0.05) is 16.7 Å². The average molecular weight is 310 g/mol. The lowest BCUT2D eigenvalue weighted by Crippen LogP contribution is -2.33. The highest BCUT2D eigenvalue weighted by Gasteiger charge is 2.53. The Morgan fingerprint density at radius 2 is 1.50 bits per heavy atom.